The monoisotopic (exact) mass is 752 g/mol. The summed E-state index contributed by atoms with van der Waals surface area (Å²) in [4.78, 5) is 13.3. The zero-order valence-corrected chi connectivity index (χ0v) is 27.7. The average molecular weight is 753 g/mol. The number of aromatic nitrogens is 3. The molecule has 5 nitrogen and oxygen atoms in total. The third-order valence-electron chi connectivity index (χ3n) is 7.76. The molecule has 2 aromatic heterocycles. The first-order valence-corrected chi connectivity index (χ1v) is 15.9. The molecule has 5 heteroatoms. The Morgan fingerprint density at radius 3 is 1.36 bits per heavy atom. The summed E-state index contributed by atoms with van der Waals surface area (Å²) >= 11 is 0. The number of anilines is 3. The number of rotatable bonds is 8. The van der Waals surface area contributed by atoms with Gasteiger partial charge < -0.3 is 9.32 Å². The van der Waals surface area contributed by atoms with Crippen molar-refractivity contribution in [2.75, 3.05) is 4.90 Å². The molecule has 0 aliphatic rings. The molecule has 0 bridgehead atoms. The van der Waals surface area contributed by atoms with Crippen molar-refractivity contribution in [1.29, 1.82) is 0 Å². The number of hydrogen-bond donors (Lipinski definition) is 0. The Balaban J connectivity index is 1.38. The van der Waals surface area contributed by atoms with Crippen molar-refractivity contribution in [3.63, 3.8) is 0 Å². The zero-order valence-electron chi connectivity index (χ0n) is 61.7. The molecule has 0 spiro atoms. The van der Waals surface area contributed by atoms with Gasteiger partial charge in [0.15, 0.2) is 17.5 Å². The normalized spacial score (nSPS) is 19.7. The summed E-state index contributed by atoms with van der Waals surface area (Å²) in [7, 11) is 0. The van der Waals surface area contributed by atoms with Gasteiger partial charge in [-0.3, -0.25) is 0 Å². The maximum Gasteiger partial charge on any atom is 0.164 e. The van der Waals surface area contributed by atoms with Crippen molar-refractivity contribution < 1.29 is 51.0 Å². The topological polar surface area (TPSA) is 55.1 Å². The zero-order chi connectivity index (χ0) is 66.9. The van der Waals surface area contributed by atoms with Gasteiger partial charge in [-0.1, -0.05) is 151 Å². The van der Waals surface area contributed by atoms with Gasteiger partial charge in [0.2, 0.25) is 0 Å². The third kappa shape index (κ3) is 6.27. The first-order valence-electron chi connectivity index (χ1n) is 32.9. The van der Waals surface area contributed by atoms with Crippen molar-refractivity contribution in [2.24, 2.45) is 0 Å². The third-order valence-corrected chi connectivity index (χ3v) is 7.76. The molecule has 0 aliphatic heterocycles. The minimum Gasteiger partial charge on any atom is -0.456 e. The van der Waals surface area contributed by atoms with Gasteiger partial charge in [0.05, 0.1) is 46.6 Å². The molecule has 56 heavy (non-hydrogen) atoms. The maximum absolute atomic E-state index is 10.1. The van der Waals surface area contributed by atoms with E-state index in [1.54, 1.807) is 0 Å². The van der Waals surface area contributed by atoms with E-state index in [0.29, 0.717) is 0 Å². The quantitative estimate of drug-likeness (QED) is 0.155. The molecule has 0 N–H and O–H groups in total. The first kappa shape index (κ1) is 13.0. The molecule has 10 aromatic rings. The summed E-state index contributed by atoms with van der Waals surface area (Å²) in [5, 5.41) is -1.27. The van der Waals surface area contributed by atoms with E-state index in [1.165, 1.54) is 0 Å². The molecule has 264 valence electrons. The summed E-state index contributed by atoms with van der Waals surface area (Å²) < 4.78 is 308. The second-order valence-corrected chi connectivity index (χ2v) is 11.1. The fourth-order valence-corrected chi connectivity index (χ4v) is 5.36. The first-order chi connectivity index (χ1) is 41.9. The van der Waals surface area contributed by atoms with Gasteiger partial charge in [-0.25, -0.2) is 15.0 Å². The van der Waals surface area contributed by atoms with Crippen LogP contribution in [0.25, 0.3) is 78.4 Å². The summed E-state index contributed by atoms with van der Waals surface area (Å²) in [5.74, 6) is -2.82. The Labute approximate surface area is 372 Å². The molecule has 0 saturated heterocycles. The molecule has 0 atom stereocenters. The Morgan fingerprint density at radius 2 is 0.786 bits per heavy atom. The highest BCUT2D eigenvalue weighted by Gasteiger charge is 2.20. The predicted octanol–water partition coefficient (Wildman–Crippen LogP) is 13.6. The summed E-state index contributed by atoms with van der Waals surface area (Å²) in [6.07, 6.45) is 0. The Hall–Kier alpha value is -7.63. The van der Waals surface area contributed by atoms with Crippen molar-refractivity contribution in [1.82, 2.24) is 15.0 Å². The molecule has 0 fully saturated rings. The number of nitrogens with zero attached hydrogens (tertiary/aromatic N) is 4. The van der Waals surface area contributed by atoms with Crippen LogP contribution in [-0.4, -0.2) is 15.0 Å². The number of furan rings is 1. The second-order valence-electron chi connectivity index (χ2n) is 11.1. The van der Waals surface area contributed by atoms with E-state index < -0.39 is 301 Å². The molecule has 2 heterocycles. The second kappa shape index (κ2) is 14.3. The standard InChI is InChI=1S/C51H34N4O/c1-5-15-35(16-6-1)36-25-29-42(30-26-36)55(41-21-11-4-12-22-41)43-31-27-37(28-32-43)40-33-45(48-44-23-13-14-24-46(44)56-47(48)34-40)51-53-49(38-17-7-2-8-18-38)52-50(54-51)39-19-9-3-10-20-39/h1-34H/i1D,2D,3D,4D,5D,6D,7D,8D,9D,10D,11D,12D,13D,14D,15D,16D,17D,18D,19D,20D,21D,22D,23D,24D,25D,26D,27D,28D,29D,30D,31D,32D,33D,34D. The average Bonchev–Trinajstić information content (AvgIpc) is 1.73. The van der Waals surface area contributed by atoms with Gasteiger partial charge in [0.1, 0.15) is 11.2 Å². The van der Waals surface area contributed by atoms with Crippen LogP contribution in [0.1, 0.15) is 46.6 Å². The van der Waals surface area contributed by atoms with Gasteiger partial charge in [0.25, 0.3) is 0 Å². The number of para-hydroxylation sites is 2. The fraction of sp³-hybridized carbons (Fsp3) is 0. The van der Waals surface area contributed by atoms with Crippen LogP contribution in [0, 0.1) is 0 Å². The molecule has 0 amide bonds. The number of benzene rings is 8. The Morgan fingerprint density at radius 1 is 0.357 bits per heavy atom. The lowest BCUT2D eigenvalue weighted by Gasteiger charge is -2.26. The molecular formula is C51H34N4O. The van der Waals surface area contributed by atoms with Crippen LogP contribution in [0.4, 0.5) is 17.1 Å². The van der Waals surface area contributed by atoms with E-state index in [4.69, 9.17) is 37.3 Å². The van der Waals surface area contributed by atoms with Crippen LogP contribution in [0.3, 0.4) is 0 Å². The highest BCUT2D eigenvalue weighted by molar-refractivity contribution is 6.13. The van der Waals surface area contributed by atoms with Gasteiger partial charge in [-0.05, 0) is 76.6 Å². The molecule has 8 aromatic carbocycles. The smallest absolute Gasteiger partial charge is 0.164 e. The summed E-state index contributed by atoms with van der Waals surface area (Å²) in [5.41, 5.74) is -11.4. The van der Waals surface area contributed by atoms with E-state index in [9.17, 15) is 13.7 Å². The number of hydrogen-bond acceptors (Lipinski definition) is 5. The van der Waals surface area contributed by atoms with E-state index in [-0.39, 0.29) is 4.90 Å². The lowest BCUT2D eigenvalue weighted by Crippen LogP contribution is -2.09. The SMILES string of the molecule is [2H]c1c([2H])c([2H])c(-c2nc(-c3c([2H])c([2H])c([2H])c([2H])c3[2H])nc(-c3c([2H])c(-c4c([2H])c([2H])c(N(c5c([2H])c([2H])c([2H])c([2H])c5[2H])c5c([2H])c([2H])c(-c6c([2H])c([2H])c([2H])c([2H])c6[2H])c([2H])c5[2H])c([2H])c4[2H])c([2H])c4oc5c([2H])c([2H])c([2H])c([2H])c5c34)n2)c([2H])c1[2H]. The summed E-state index contributed by atoms with van der Waals surface area (Å²) in [6.45, 7) is 0. The highest BCUT2D eigenvalue weighted by atomic mass is 16.3. The van der Waals surface area contributed by atoms with Gasteiger partial charge in [0, 0.05) is 44.5 Å². The maximum atomic E-state index is 10.1. The molecule has 0 radical (unpaired) electrons. The van der Waals surface area contributed by atoms with Gasteiger partial charge in [-0.2, -0.15) is 0 Å². The lowest BCUT2D eigenvalue weighted by molar-refractivity contribution is 0.669. The Bertz CT molecular complexity index is 4710. The van der Waals surface area contributed by atoms with Crippen LogP contribution in [0.5, 0.6) is 0 Å². The van der Waals surface area contributed by atoms with Crippen LogP contribution >= 0.6 is 0 Å². The van der Waals surface area contributed by atoms with Crippen LogP contribution in [0.2, 0.25) is 0 Å². The lowest BCUT2D eigenvalue weighted by atomic mass is 9.97. The van der Waals surface area contributed by atoms with Gasteiger partial charge in [-0.15, -0.1) is 0 Å². The van der Waals surface area contributed by atoms with Crippen molar-refractivity contribution in [3.05, 3.63) is 205 Å². The molecular weight excluding hydrogens is 685 g/mol. The Kier molecular flexibility index (Phi) is 3.32. The molecule has 0 saturated carbocycles. The van der Waals surface area contributed by atoms with E-state index in [0.717, 1.165) is 0 Å². The van der Waals surface area contributed by atoms with E-state index in [1.807, 2.05) is 0 Å². The van der Waals surface area contributed by atoms with Crippen LogP contribution < -0.4 is 4.90 Å². The summed E-state index contributed by atoms with van der Waals surface area (Å²) in [6, 6.07) is -36.2. The molecule has 10 rings (SSSR count). The van der Waals surface area contributed by atoms with Crippen LogP contribution in [-0.2, 0) is 0 Å². The number of fused-ring (bicyclic) bond motifs is 3. The minimum atomic E-state index is -1.36. The van der Waals surface area contributed by atoms with E-state index >= 15 is 0 Å². The largest absolute Gasteiger partial charge is 0.456 e. The fourth-order valence-electron chi connectivity index (χ4n) is 5.36. The van der Waals surface area contributed by atoms with E-state index in [2.05, 4.69) is 15.0 Å². The minimum absolute atomic E-state index is 0.280. The predicted molar refractivity (Wildman–Crippen MR) is 229 cm³/mol. The molecule has 0 aliphatic carbocycles. The highest BCUT2D eigenvalue weighted by Crippen LogP contribution is 2.41. The molecule has 0 unspecified atom stereocenters. The van der Waals surface area contributed by atoms with Gasteiger partial charge >= 0.3 is 0 Å². The van der Waals surface area contributed by atoms with Crippen LogP contribution in [0.15, 0.2) is 210 Å². The van der Waals surface area contributed by atoms with Crippen molar-refractivity contribution in [3.8, 4) is 56.4 Å². The van der Waals surface area contributed by atoms with Crippen molar-refractivity contribution >= 4 is 39.0 Å². The van der Waals surface area contributed by atoms with Crippen molar-refractivity contribution in [2.45, 2.75) is 0 Å².